The summed E-state index contributed by atoms with van der Waals surface area (Å²) in [5.74, 6) is 1.25. The molecular weight excluding hydrogens is 841 g/mol. The smallest absolute Gasteiger partial charge is 0.0616 e. The minimum absolute atomic E-state index is 1.25. The zero-order chi connectivity index (χ0) is 48.1. The molecule has 70 heavy (non-hydrogen) atoms. The molecule has 0 aliphatic rings. The van der Waals surface area contributed by atoms with Crippen molar-refractivity contribution < 1.29 is 0 Å². The van der Waals surface area contributed by atoms with E-state index in [0.29, 0.717) is 0 Å². The Kier molecular flexibility index (Phi) is 10.4. The number of rotatable bonds is 6. The molecule has 0 N–H and O–H groups in total. The Morgan fingerprint density at radius 2 is 0.357 bits per heavy atom. The topological polar surface area (TPSA) is 0 Å². The third-order valence-electron chi connectivity index (χ3n) is 15.3. The van der Waals surface area contributed by atoms with Gasteiger partial charge in [-0.3, -0.25) is 0 Å². The molecule has 0 amide bonds. The number of aryl methyl sites for hydroxylation is 9. The first kappa shape index (κ1) is 43.5. The number of hydrogen-bond acceptors (Lipinski definition) is 0. The highest BCUT2D eigenvalue weighted by atomic mass is 14.4. The van der Waals surface area contributed by atoms with Crippen LogP contribution in [-0.4, -0.2) is 0 Å². The van der Waals surface area contributed by atoms with Crippen molar-refractivity contribution in [2.24, 2.45) is 0 Å². The Hall–Kier alpha value is -7.80. The number of fused-ring (bicyclic) bond motifs is 6. The molecule has 337 valence electrons. The normalized spacial score (nSPS) is 11.9. The Morgan fingerprint density at radius 1 is 0.200 bits per heavy atom. The van der Waals surface area contributed by atoms with Crippen molar-refractivity contribution in [3.05, 3.63) is 255 Å². The minimum atomic E-state index is 1.25. The van der Waals surface area contributed by atoms with Crippen molar-refractivity contribution in [3.63, 3.8) is 0 Å². The maximum Gasteiger partial charge on any atom is 0.0667 e. The highest BCUT2D eigenvalue weighted by Gasteiger charge is 2.33. The fraction of sp³-hybridized carbons (Fsp3) is 0.129. The van der Waals surface area contributed by atoms with Gasteiger partial charge in [0.2, 0.25) is 0 Å². The van der Waals surface area contributed by atoms with E-state index in [1.54, 1.807) is 0 Å². The van der Waals surface area contributed by atoms with Gasteiger partial charge < -0.3 is 0 Å². The second-order valence-corrected chi connectivity index (χ2v) is 20.2. The van der Waals surface area contributed by atoms with E-state index >= 15 is 0 Å². The molecule has 12 aromatic rings. The molecule has 0 heterocycles. The summed E-state index contributed by atoms with van der Waals surface area (Å²) < 4.78 is 0. The van der Waals surface area contributed by atoms with E-state index in [4.69, 9.17) is 0 Å². The monoisotopic (exact) mass is 897 g/mol. The molecule has 1 radical (unpaired) electrons. The predicted molar refractivity (Wildman–Crippen MR) is 304 cm³/mol. The van der Waals surface area contributed by atoms with Crippen LogP contribution in [0.5, 0.6) is 0 Å². The quantitative estimate of drug-likeness (QED) is 0.115. The van der Waals surface area contributed by atoms with Crippen molar-refractivity contribution in [3.8, 4) is 33.4 Å². The van der Waals surface area contributed by atoms with Crippen LogP contribution >= 0.6 is 0 Å². The number of benzene rings is 12. The highest BCUT2D eigenvalue weighted by Crippen LogP contribution is 2.55. The van der Waals surface area contributed by atoms with Crippen LogP contribution < -0.4 is 0 Å². The van der Waals surface area contributed by atoms with Crippen LogP contribution in [0.25, 0.3) is 98.0 Å². The lowest BCUT2D eigenvalue weighted by Gasteiger charge is -2.31. The molecule has 0 unspecified atom stereocenters. The van der Waals surface area contributed by atoms with Gasteiger partial charge >= 0.3 is 0 Å². The van der Waals surface area contributed by atoms with E-state index < -0.39 is 0 Å². The third-order valence-corrected chi connectivity index (χ3v) is 15.3. The lowest BCUT2D eigenvalue weighted by Crippen LogP contribution is -2.11. The molecule has 0 aromatic heterocycles. The second-order valence-electron chi connectivity index (χ2n) is 20.2. The summed E-state index contributed by atoms with van der Waals surface area (Å²) in [6.07, 6.45) is 0. The summed E-state index contributed by atoms with van der Waals surface area (Å²) in [5.41, 5.74) is 23.3. The van der Waals surface area contributed by atoms with Crippen molar-refractivity contribution in [1.29, 1.82) is 0 Å². The molecule has 0 saturated carbocycles. The largest absolute Gasteiger partial charge is 0.0667 e. The summed E-state index contributed by atoms with van der Waals surface area (Å²) >= 11 is 0. The van der Waals surface area contributed by atoms with E-state index in [0.717, 1.165) is 0 Å². The molecule has 0 bridgehead atoms. The molecule has 12 rings (SSSR count). The fourth-order valence-corrected chi connectivity index (χ4v) is 13.1. The van der Waals surface area contributed by atoms with Gasteiger partial charge in [-0.05, 0) is 210 Å². The third kappa shape index (κ3) is 6.64. The molecule has 0 aliphatic heterocycles. The lowest BCUT2D eigenvalue weighted by molar-refractivity contribution is 1.31. The van der Waals surface area contributed by atoms with Crippen molar-refractivity contribution in [2.75, 3.05) is 0 Å². The predicted octanol–water partition coefficient (Wildman–Crippen LogP) is 19.4. The van der Waals surface area contributed by atoms with Crippen LogP contribution in [0.1, 0.15) is 66.8 Å². The van der Waals surface area contributed by atoms with Crippen LogP contribution in [0, 0.1) is 68.2 Å². The van der Waals surface area contributed by atoms with Crippen LogP contribution in [-0.2, 0) is 0 Å². The van der Waals surface area contributed by atoms with E-state index in [1.165, 1.54) is 171 Å². The molecular formula is C70H57. The van der Waals surface area contributed by atoms with Crippen LogP contribution in [0.3, 0.4) is 0 Å². The van der Waals surface area contributed by atoms with Gasteiger partial charge in [0.15, 0.2) is 0 Å². The molecule has 0 spiro atoms. The van der Waals surface area contributed by atoms with Crippen molar-refractivity contribution in [1.82, 2.24) is 0 Å². The summed E-state index contributed by atoms with van der Waals surface area (Å²) in [6, 6.07) is 69.7. The summed E-state index contributed by atoms with van der Waals surface area (Å²) in [6.45, 7) is 20.4. The van der Waals surface area contributed by atoms with Gasteiger partial charge in [0, 0.05) is 0 Å². The van der Waals surface area contributed by atoms with Crippen LogP contribution in [0.2, 0.25) is 0 Å². The minimum Gasteiger partial charge on any atom is -0.0616 e. The standard InChI is InChI=1S/C70H57/c1-40-34-43(4)61(44(5)35-40)64-49-22-10-16-28-55(49)67(56-29-17-11-23-50(56)64)70(68-57-30-18-12-24-51(57)65(52-25-13-19-31-58(52)68)62-45(6)36-41(2)37-46(62)7)69-59-32-20-14-26-53(59)66(54-27-15-21-33-60(54)69)63-47(8)38-42(3)39-48(63)9/h10-39H,1-9H3. The van der Waals surface area contributed by atoms with Crippen LogP contribution in [0.15, 0.2) is 182 Å². The average Bonchev–Trinajstić information content (AvgIpc) is 3.34. The first-order valence-corrected chi connectivity index (χ1v) is 24.9. The van der Waals surface area contributed by atoms with E-state index in [9.17, 15) is 0 Å². The maximum absolute atomic E-state index is 2.40. The molecule has 0 nitrogen and oxygen atoms in total. The second kappa shape index (κ2) is 16.7. The van der Waals surface area contributed by atoms with Gasteiger partial charge in [-0.15, -0.1) is 0 Å². The Bertz CT molecular complexity index is 3490. The van der Waals surface area contributed by atoms with Crippen molar-refractivity contribution in [2.45, 2.75) is 62.3 Å². The fourth-order valence-electron chi connectivity index (χ4n) is 13.1. The summed E-state index contributed by atoms with van der Waals surface area (Å²) in [7, 11) is 0. The molecule has 0 aliphatic carbocycles. The zero-order valence-corrected chi connectivity index (χ0v) is 41.8. The summed E-state index contributed by atoms with van der Waals surface area (Å²) in [4.78, 5) is 0. The van der Waals surface area contributed by atoms with E-state index in [1.807, 2.05) is 0 Å². The highest BCUT2D eigenvalue weighted by molar-refractivity contribution is 6.24. The lowest BCUT2D eigenvalue weighted by atomic mass is 9.71. The Balaban J connectivity index is 1.35. The van der Waals surface area contributed by atoms with E-state index in [2.05, 4.69) is 244 Å². The Labute approximate surface area is 412 Å². The maximum atomic E-state index is 2.40. The van der Waals surface area contributed by atoms with Gasteiger partial charge in [-0.1, -0.05) is 199 Å². The molecule has 0 fully saturated rings. The van der Waals surface area contributed by atoms with Crippen molar-refractivity contribution >= 4 is 64.6 Å². The Morgan fingerprint density at radius 3 is 0.529 bits per heavy atom. The summed E-state index contributed by atoms with van der Waals surface area (Å²) in [5, 5.41) is 15.0. The first-order valence-electron chi connectivity index (χ1n) is 24.9. The molecule has 12 aromatic carbocycles. The zero-order valence-electron chi connectivity index (χ0n) is 41.8. The first-order chi connectivity index (χ1) is 34.0. The molecule has 0 heteroatoms. The van der Waals surface area contributed by atoms with Gasteiger partial charge in [0.05, 0.1) is 5.92 Å². The molecule has 0 saturated heterocycles. The van der Waals surface area contributed by atoms with Gasteiger partial charge in [-0.2, -0.15) is 0 Å². The van der Waals surface area contributed by atoms with Gasteiger partial charge in [0.25, 0.3) is 0 Å². The SMILES string of the molecule is Cc1cc(C)c(-c2c3ccccc3c([C](c3c4ccccc4c(-c4c(C)cc(C)cc4C)c4ccccc34)c3c4ccccc4c(-c4c(C)cc(C)cc4C)c4ccccc34)c3ccccc23)c(C)c1. The van der Waals surface area contributed by atoms with Gasteiger partial charge in [0.1, 0.15) is 0 Å². The van der Waals surface area contributed by atoms with E-state index in [-0.39, 0.29) is 0 Å². The molecule has 0 atom stereocenters. The average molecular weight is 898 g/mol. The van der Waals surface area contributed by atoms with Crippen LogP contribution in [0.4, 0.5) is 0 Å². The number of hydrogen-bond donors (Lipinski definition) is 0. The van der Waals surface area contributed by atoms with Gasteiger partial charge in [-0.25, -0.2) is 0 Å².